The van der Waals surface area contributed by atoms with Crippen LogP contribution in [-0.2, 0) is 9.53 Å². The van der Waals surface area contributed by atoms with Crippen LogP contribution >= 0.6 is 0 Å². The van der Waals surface area contributed by atoms with E-state index < -0.39 is 12.1 Å². The summed E-state index contributed by atoms with van der Waals surface area (Å²) in [5.41, 5.74) is 1.77. The fourth-order valence-corrected chi connectivity index (χ4v) is 3.60. The highest BCUT2D eigenvalue weighted by Gasteiger charge is 2.18. The number of nitrogens with zero attached hydrogens (tertiary/aromatic N) is 3. The third-order valence-electron chi connectivity index (χ3n) is 5.30. The summed E-state index contributed by atoms with van der Waals surface area (Å²) in [6, 6.07) is 21.8. The Morgan fingerprint density at radius 3 is 2.50 bits per heavy atom. The number of carbonyl (C=O) groups is 1. The highest BCUT2D eigenvalue weighted by Crippen LogP contribution is 2.29. The maximum atomic E-state index is 13.3. The Kier molecular flexibility index (Phi) is 7.75. The van der Waals surface area contributed by atoms with Crippen molar-refractivity contribution in [3.8, 4) is 22.9 Å². The van der Waals surface area contributed by atoms with Crippen molar-refractivity contribution in [2.24, 2.45) is 5.10 Å². The molecular formula is C28H27N3O5. The second-order valence-corrected chi connectivity index (χ2v) is 7.83. The van der Waals surface area contributed by atoms with Crippen molar-refractivity contribution in [1.82, 2.24) is 9.66 Å². The van der Waals surface area contributed by atoms with Crippen molar-refractivity contribution in [2.45, 2.75) is 26.9 Å². The van der Waals surface area contributed by atoms with Gasteiger partial charge < -0.3 is 14.2 Å². The van der Waals surface area contributed by atoms with E-state index in [1.54, 1.807) is 50.4 Å². The Labute approximate surface area is 208 Å². The van der Waals surface area contributed by atoms with Crippen molar-refractivity contribution in [3.05, 3.63) is 88.7 Å². The standard InChI is InChI=1S/C28H27N3O5/c1-4-34-25-17-20(15-16-24(25)36-19(3)28(33)35-5-2)18-29-31-26(21-11-7-6-8-12-21)30-23-14-10-9-13-22(23)27(31)32/h6-19H,4-5H2,1-3H3/t19-/m1/s1. The maximum absolute atomic E-state index is 13.3. The summed E-state index contributed by atoms with van der Waals surface area (Å²) in [6.45, 7) is 5.88. The zero-order valence-electron chi connectivity index (χ0n) is 20.4. The van der Waals surface area contributed by atoms with E-state index >= 15 is 0 Å². The number of benzene rings is 3. The smallest absolute Gasteiger partial charge is 0.347 e. The van der Waals surface area contributed by atoms with Crippen LogP contribution in [0, 0.1) is 0 Å². The fourth-order valence-electron chi connectivity index (χ4n) is 3.60. The van der Waals surface area contributed by atoms with Crippen LogP contribution in [0.25, 0.3) is 22.3 Å². The number of aromatic nitrogens is 2. The molecule has 36 heavy (non-hydrogen) atoms. The van der Waals surface area contributed by atoms with Crippen LogP contribution in [0.5, 0.6) is 11.5 Å². The topological polar surface area (TPSA) is 92.0 Å². The largest absolute Gasteiger partial charge is 0.490 e. The second-order valence-electron chi connectivity index (χ2n) is 7.83. The summed E-state index contributed by atoms with van der Waals surface area (Å²) < 4.78 is 17.8. The van der Waals surface area contributed by atoms with Gasteiger partial charge in [0.2, 0.25) is 0 Å². The lowest BCUT2D eigenvalue weighted by molar-refractivity contribution is -0.150. The highest BCUT2D eigenvalue weighted by atomic mass is 16.6. The van der Waals surface area contributed by atoms with Gasteiger partial charge in [-0.1, -0.05) is 42.5 Å². The Hall–Kier alpha value is -4.46. The molecule has 0 saturated heterocycles. The molecule has 0 radical (unpaired) electrons. The van der Waals surface area contributed by atoms with Gasteiger partial charge in [0, 0.05) is 5.56 Å². The van der Waals surface area contributed by atoms with Crippen molar-refractivity contribution in [2.75, 3.05) is 13.2 Å². The first-order chi connectivity index (χ1) is 17.5. The van der Waals surface area contributed by atoms with E-state index in [1.165, 1.54) is 4.68 Å². The normalized spacial score (nSPS) is 12.0. The van der Waals surface area contributed by atoms with Crippen molar-refractivity contribution < 1.29 is 19.0 Å². The van der Waals surface area contributed by atoms with Crippen LogP contribution in [0.3, 0.4) is 0 Å². The molecule has 0 amide bonds. The van der Waals surface area contributed by atoms with Gasteiger partial charge in [-0.25, -0.2) is 9.78 Å². The van der Waals surface area contributed by atoms with E-state index in [9.17, 15) is 9.59 Å². The lowest BCUT2D eigenvalue weighted by Gasteiger charge is -2.16. The number of rotatable bonds is 9. The lowest BCUT2D eigenvalue weighted by atomic mass is 10.2. The maximum Gasteiger partial charge on any atom is 0.347 e. The fraction of sp³-hybridized carbons (Fsp3) is 0.214. The Morgan fingerprint density at radius 2 is 1.75 bits per heavy atom. The first kappa shape index (κ1) is 24.7. The average Bonchev–Trinajstić information content (AvgIpc) is 2.90. The van der Waals surface area contributed by atoms with E-state index in [4.69, 9.17) is 19.2 Å². The zero-order chi connectivity index (χ0) is 25.5. The van der Waals surface area contributed by atoms with Crippen LogP contribution in [0.2, 0.25) is 0 Å². The molecule has 4 rings (SSSR count). The first-order valence-electron chi connectivity index (χ1n) is 11.7. The third-order valence-corrected chi connectivity index (χ3v) is 5.30. The minimum absolute atomic E-state index is 0.272. The van der Waals surface area contributed by atoms with E-state index in [0.717, 1.165) is 5.56 Å². The van der Waals surface area contributed by atoms with E-state index in [-0.39, 0.29) is 12.2 Å². The molecule has 0 spiro atoms. The average molecular weight is 486 g/mol. The summed E-state index contributed by atoms with van der Waals surface area (Å²) in [5, 5.41) is 4.97. The molecule has 0 unspecified atom stereocenters. The number of fused-ring (bicyclic) bond motifs is 1. The SMILES string of the molecule is CCOC(=O)[C@@H](C)Oc1ccc(C=Nn2c(-c3ccccc3)nc3ccccc3c2=O)cc1OCC. The second kappa shape index (κ2) is 11.3. The van der Waals surface area contributed by atoms with Gasteiger partial charge >= 0.3 is 5.97 Å². The Balaban J connectivity index is 1.72. The monoisotopic (exact) mass is 485 g/mol. The minimum Gasteiger partial charge on any atom is -0.490 e. The molecule has 8 nitrogen and oxygen atoms in total. The number of carbonyl (C=O) groups excluding carboxylic acids is 1. The van der Waals surface area contributed by atoms with Crippen molar-refractivity contribution in [3.63, 3.8) is 0 Å². The number of esters is 1. The lowest BCUT2D eigenvalue weighted by Crippen LogP contribution is -2.26. The highest BCUT2D eigenvalue weighted by molar-refractivity contribution is 5.83. The van der Waals surface area contributed by atoms with E-state index in [1.807, 2.05) is 49.4 Å². The van der Waals surface area contributed by atoms with Gasteiger partial charge in [0.05, 0.1) is 30.3 Å². The molecule has 0 aliphatic carbocycles. The van der Waals surface area contributed by atoms with Gasteiger partial charge in [0.1, 0.15) is 0 Å². The van der Waals surface area contributed by atoms with Gasteiger partial charge in [-0.2, -0.15) is 9.78 Å². The number of hydrogen-bond donors (Lipinski definition) is 0. The van der Waals surface area contributed by atoms with Gasteiger partial charge in [0.25, 0.3) is 5.56 Å². The zero-order valence-corrected chi connectivity index (χ0v) is 20.4. The molecule has 0 fully saturated rings. The first-order valence-corrected chi connectivity index (χ1v) is 11.7. The predicted octanol–water partition coefficient (Wildman–Crippen LogP) is 4.67. The Bertz CT molecular complexity index is 1450. The summed E-state index contributed by atoms with van der Waals surface area (Å²) in [4.78, 5) is 30.0. The van der Waals surface area contributed by atoms with Crippen LogP contribution in [-0.4, -0.2) is 41.2 Å². The summed E-state index contributed by atoms with van der Waals surface area (Å²) in [7, 11) is 0. The van der Waals surface area contributed by atoms with Crippen LogP contribution in [0.15, 0.2) is 82.7 Å². The van der Waals surface area contributed by atoms with E-state index in [0.29, 0.717) is 40.4 Å². The van der Waals surface area contributed by atoms with Gasteiger partial charge in [-0.15, -0.1) is 0 Å². The van der Waals surface area contributed by atoms with Crippen molar-refractivity contribution >= 4 is 23.1 Å². The van der Waals surface area contributed by atoms with Crippen LogP contribution in [0.1, 0.15) is 26.3 Å². The molecule has 0 bridgehead atoms. The molecule has 1 aromatic heterocycles. The predicted molar refractivity (Wildman–Crippen MR) is 139 cm³/mol. The van der Waals surface area contributed by atoms with E-state index in [2.05, 4.69) is 5.10 Å². The molecule has 1 heterocycles. The molecule has 0 N–H and O–H groups in total. The van der Waals surface area contributed by atoms with Gasteiger partial charge in [-0.05, 0) is 56.7 Å². The molecule has 0 aliphatic rings. The van der Waals surface area contributed by atoms with Crippen LogP contribution < -0.4 is 15.0 Å². The molecule has 8 heteroatoms. The summed E-state index contributed by atoms with van der Waals surface area (Å²) in [6.07, 6.45) is 0.769. The molecule has 0 saturated carbocycles. The van der Waals surface area contributed by atoms with Crippen molar-refractivity contribution in [1.29, 1.82) is 0 Å². The summed E-state index contributed by atoms with van der Waals surface area (Å²) in [5.74, 6) is 0.833. The Morgan fingerprint density at radius 1 is 1.00 bits per heavy atom. The molecule has 0 aliphatic heterocycles. The number of ether oxygens (including phenoxy) is 3. The number of hydrogen-bond acceptors (Lipinski definition) is 7. The third kappa shape index (κ3) is 5.43. The number of para-hydroxylation sites is 1. The van der Waals surface area contributed by atoms with Crippen LogP contribution in [0.4, 0.5) is 0 Å². The minimum atomic E-state index is -0.792. The molecule has 184 valence electrons. The molecule has 4 aromatic rings. The summed E-state index contributed by atoms with van der Waals surface area (Å²) >= 11 is 0. The van der Waals surface area contributed by atoms with Gasteiger partial charge in [0.15, 0.2) is 23.4 Å². The quantitative estimate of drug-likeness (QED) is 0.253. The molecule has 1 atom stereocenters. The molecule has 3 aromatic carbocycles. The van der Waals surface area contributed by atoms with Gasteiger partial charge in [-0.3, -0.25) is 4.79 Å². The molecular weight excluding hydrogens is 458 g/mol.